The molecule has 0 atom stereocenters. The summed E-state index contributed by atoms with van der Waals surface area (Å²) in [5.74, 6) is -0.163. The number of nitrogens with zero attached hydrogens (tertiary/aromatic N) is 2. The third-order valence-electron chi connectivity index (χ3n) is 2.58. The first-order chi connectivity index (χ1) is 7.54. The van der Waals surface area contributed by atoms with Gasteiger partial charge in [0.25, 0.3) is 5.91 Å². The lowest BCUT2D eigenvalue weighted by Gasteiger charge is -2.14. The van der Waals surface area contributed by atoms with Crippen LogP contribution in [0.25, 0.3) is 0 Å². The van der Waals surface area contributed by atoms with Crippen LogP contribution in [0, 0.1) is 0 Å². The molecule has 0 saturated carbocycles. The summed E-state index contributed by atoms with van der Waals surface area (Å²) < 4.78 is 0. The quantitative estimate of drug-likeness (QED) is 0.635. The van der Waals surface area contributed by atoms with Gasteiger partial charge in [0.05, 0.1) is 5.71 Å². The van der Waals surface area contributed by atoms with Crippen molar-refractivity contribution in [2.24, 2.45) is 10.7 Å². The number of carbonyl (C=O) groups is 1. The van der Waals surface area contributed by atoms with E-state index in [1.165, 1.54) is 4.90 Å². The molecule has 5 heteroatoms. The molecule has 0 fully saturated rings. The van der Waals surface area contributed by atoms with Crippen molar-refractivity contribution in [1.82, 2.24) is 10.2 Å². The molecule has 1 aliphatic heterocycles. The molecule has 0 spiro atoms. The van der Waals surface area contributed by atoms with Gasteiger partial charge in [-0.2, -0.15) is 0 Å². The van der Waals surface area contributed by atoms with Gasteiger partial charge < -0.3 is 16.0 Å². The van der Waals surface area contributed by atoms with Crippen LogP contribution in [0.15, 0.2) is 16.3 Å². The van der Waals surface area contributed by atoms with Crippen molar-refractivity contribution in [3.8, 4) is 0 Å². The van der Waals surface area contributed by atoms with E-state index in [2.05, 4.69) is 10.3 Å². The average molecular weight is 224 g/mol. The van der Waals surface area contributed by atoms with E-state index in [0.717, 1.165) is 30.8 Å². The second-order valence-corrected chi connectivity index (χ2v) is 4.10. The molecular formula is C11H20N4O. The average Bonchev–Trinajstić information content (AvgIpc) is 2.54. The van der Waals surface area contributed by atoms with Crippen molar-refractivity contribution in [1.29, 1.82) is 0 Å². The molecule has 16 heavy (non-hydrogen) atoms. The number of rotatable bonds is 2. The summed E-state index contributed by atoms with van der Waals surface area (Å²) in [6.07, 6.45) is 1.03. The lowest BCUT2D eigenvalue weighted by Crippen LogP contribution is -2.31. The van der Waals surface area contributed by atoms with Crippen molar-refractivity contribution in [2.75, 3.05) is 33.7 Å². The molecule has 0 aromatic heterocycles. The number of hydrogen-bond acceptors (Lipinski definition) is 4. The first-order valence-electron chi connectivity index (χ1n) is 5.46. The molecule has 3 N–H and O–H groups in total. The van der Waals surface area contributed by atoms with Gasteiger partial charge in [0.15, 0.2) is 0 Å². The fourth-order valence-electron chi connectivity index (χ4n) is 1.49. The number of nitrogens with one attached hydrogen (secondary N) is 1. The Labute approximate surface area is 96.4 Å². The lowest BCUT2D eigenvalue weighted by molar-refractivity contribution is -0.124. The number of likely N-dealkylation sites (N-methyl/N-ethyl adjacent to an activating group) is 1. The Morgan fingerprint density at radius 3 is 2.81 bits per heavy atom. The van der Waals surface area contributed by atoms with Gasteiger partial charge in [-0.15, -0.1) is 0 Å². The third kappa shape index (κ3) is 3.06. The van der Waals surface area contributed by atoms with Crippen LogP contribution in [-0.2, 0) is 4.79 Å². The molecule has 5 nitrogen and oxygen atoms in total. The molecule has 0 radical (unpaired) electrons. The van der Waals surface area contributed by atoms with E-state index in [1.54, 1.807) is 14.1 Å². The molecule has 0 aliphatic carbocycles. The summed E-state index contributed by atoms with van der Waals surface area (Å²) >= 11 is 0. The zero-order chi connectivity index (χ0) is 12.1. The highest BCUT2D eigenvalue weighted by atomic mass is 16.2. The molecule has 0 aromatic carbocycles. The minimum Gasteiger partial charge on any atom is -0.394 e. The Morgan fingerprint density at radius 2 is 2.19 bits per heavy atom. The summed E-state index contributed by atoms with van der Waals surface area (Å²) in [6, 6.07) is 0. The Kier molecular flexibility index (Phi) is 4.49. The van der Waals surface area contributed by atoms with E-state index in [4.69, 9.17) is 5.73 Å². The highest BCUT2D eigenvalue weighted by Gasteiger charge is 2.15. The maximum atomic E-state index is 11.7. The SMILES string of the molecule is C/C(C1=NCCCNC1)=C(/N)C(=O)N(C)C. The molecular weight excluding hydrogens is 204 g/mol. The first-order valence-corrected chi connectivity index (χ1v) is 5.46. The third-order valence-corrected chi connectivity index (χ3v) is 2.58. The number of carbonyl (C=O) groups excluding carboxylic acids is 1. The highest BCUT2D eigenvalue weighted by molar-refractivity contribution is 6.08. The maximum Gasteiger partial charge on any atom is 0.269 e. The standard InChI is InChI=1S/C11H20N4O/c1-8(10(12)11(16)15(2)3)9-7-13-5-4-6-14-9/h13H,4-7,12H2,1-3H3/b10-8-. The Bertz CT molecular complexity index is 331. The summed E-state index contributed by atoms with van der Waals surface area (Å²) in [5, 5.41) is 3.26. The maximum absolute atomic E-state index is 11.7. The Hall–Kier alpha value is -1.36. The van der Waals surface area contributed by atoms with Crippen LogP contribution >= 0.6 is 0 Å². The van der Waals surface area contributed by atoms with Crippen LogP contribution in [0.4, 0.5) is 0 Å². The predicted octanol–water partition coefficient (Wildman–Crippen LogP) is -0.258. The zero-order valence-corrected chi connectivity index (χ0v) is 10.2. The largest absolute Gasteiger partial charge is 0.394 e. The van der Waals surface area contributed by atoms with Gasteiger partial charge in [-0.3, -0.25) is 9.79 Å². The van der Waals surface area contributed by atoms with E-state index in [9.17, 15) is 4.79 Å². The van der Waals surface area contributed by atoms with E-state index >= 15 is 0 Å². The molecule has 0 unspecified atom stereocenters. The lowest BCUT2D eigenvalue weighted by atomic mass is 10.1. The van der Waals surface area contributed by atoms with Gasteiger partial charge in [-0.25, -0.2) is 0 Å². The number of aliphatic imine (C=N–C) groups is 1. The molecule has 0 bridgehead atoms. The molecule has 1 aliphatic rings. The number of hydrogen-bond donors (Lipinski definition) is 2. The van der Waals surface area contributed by atoms with Gasteiger partial charge in [0.2, 0.25) is 0 Å². The van der Waals surface area contributed by atoms with E-state index in [0.29, 0.717) is 6.54 Å². The highest BCUT2D eigenvalue weighted by Crippen LogP contribution is 2.05. The molecule has 0 saturated heterocycles. The molecule has 1 amide bonds. The van der Waals surface area contributed by atoms with Crippen LogP contribution in [0.2, 0.25) is 0 Å². The van der Waals surface area contributed by atoms with Gasteiger partial charge in [-0.1, -0.05) is 0 Å². The molecule has 0 aromatic rings. The first kappa shape index (κ1) is 12.7. The van der Waals surface area contributed by atoms with Gasteiger partial charge >= 0.3 is 0 Å². The Morgan fingerprint density at radius 1 is 1.50 bits per heavy atom. The van der Waals surface area contributed by atoms with Crippen LogP contribution in [0.1, 0.15) is 13.3 Å². The van der Waals surface area contributed by atoms with E-state index < -0.39 is 0 Å². The van der Waals surface area contributed by atoms with Crippen LogP contribution < -0.4 is 11.1 Å². The zero-order valence-electron chi connectivity index (χ0n) is 10.2. The summed E-state index contributed by atoms with van der Waals surface area (Å²) in [6.45, 7) is 4.29. The second kappa shape index (κ2) is 5.65. The van der Waals surface area contributed by atoms with Crippen LogP contribution in [-0.4, -0.2) is 50.2 Å². The smallest absolute Gasteiger partial charge is 0.269 e. The van der Waals surface area contributed by atoms with Crippen molar-refractivity contribution < 1.29 is 4.79 Å². The van der Waals surface area contributed by atoms with Gasteiger partial charge in [0, 0.05) is 27.2 Å². The molecule has 1 heterocycles. The monoisotopic (exact) mass is 224 g/mol. The van der Waals surface area contributed by atoms with Crippen molar-refractivity contribution in [2.45, 2.75) is 13.3 Å². The van der Waals surface area contributed by atoms with Crippen molar-refractivity contribution in [3.63, 3.8) is 0 Å². The minimum atomic E-state index is -0.163. The number of amides is 1. The summed E-state index contributed by atoms with van der Waals surface area (Å²) in [5.41, 5.74) is 7.79. The fraction of sp³-hybridized carbons (Fsp3) is 0.636. The van der Waals surface area contributed by atoms with Gasteiger partial charge in [-0.05, 0) is 25.5 Å². The van der Waals surface area contributed by atoms with E-state index in [-0.39, 0.29) is 11.6 Å². The molecule has 1 rings (SSSR count). The predicted molar refractivity (Wildman–Crippen MR) is 65.4 cm³/mol. The van der Waals surface area contributed by atoms with Crippen LogP contribution in [0.3, 0.4) is 0 Å². The minimum absolute atomic E-state index is 0.163. The Balaban J connectivity index is 2.88. The molecule has 90 valence electrons. The summed E-state index contributed by atoms with van der Waals surface area (Å²) in [7, 11) is 3.38. The second-order valence-electron chi connectivity index (χ2n) is 4.10. The number of nitrogens with two attached hydrogens (primary N) is 1. The fourth-order valence-corrected chi connectivity index (χ4v) is 1.49. The van der Waals surface area contributed by atoms with Crippen molar-refractivity contribution in [3.05, 3.63) is 11.3 Å². The normalized spacial score (nSPS) is 18.3. The van der Waals surface area contributed by atoms with E-state index in [1.807, 2.05) is 6.92 Å². The van der Waals surface area contributed by atoms with Gasteiger partial charge in [0.1, 0.15) is 5.70 Å². The van der Waals surface area contributed by atoms with Crippen LogP contribution in [0.5, 0.6) is 0 Å². The van der Waals surface area contributed by atoms with Crippen molar-refractivity contribution >= 4 is 11.6 Å². The summed E-state index contributed by atoms with van der Waals surface area (Å²) in [4.78, 5) is 17.6. The topological polar surface area (TPSA) is 70.7 Å².